The summed E-state index contributed by atoms with van der Waals surface area (Å²) in [6, 6.07) is 4.80. The lowest BCUT2D eigenvalue weighted by atomic mass is 10.1. The SMILES string of the molecule is CCOc1cc(C(=O)N2CCC(OCCOC)CC2)ccc1OCC(=O)O. The second-order valence-corrected chi connectivity index (χ2v) is 6.13. The van der Waals surface area contributed by atoms with Crippen molar-refractivity contribution in [2.45, 2.75) is 25.9 Å². The molecule has 0 bridgehead atoms. The topological polar surface area (TPSA) is 94.5 Å². The number of aliphatic carboxylic acids is 1. The summed E-state index contributed by atoms with van der Waals surface area (Å²) in [4.78, 5) is 25.3. The maximum absolute atomic E-state index is 12.8. The molecule has 0 unspecified atom stereocenters. The Labute approximate surface area is 159 Å². The van der Waals surface area contributed by atoms with Gasteiger partial charge in [-0.05, 0) is 38.0 Å². The van der Waals surface area contributed by atoms with Gasteiger partial charge in [0, 0.05) is 25.8 Å². The number of hydrogen-bond acceptors (Lipinski definition) is 6. The van der Waals surface area contributed by atoms with Crippen LogP contribution in [0.2, 0.25) is 0 Å². The standard InChI is InChI=1S/C19H27NO7/c1-3-25-17-12-14(4-5-16(17)27-13-18(21)22)19(23)20-8-6-15(7-9-20)26-11-10-24-2/h4-5,12,15H,3,6-11,13H2,1-2H3,(H,21,22). The maximum Gasteiger partial charge on any atom is 0.341 e. The number of carbonyl (C=O) groups excluding carboxylic acids is 1. The number of nitrogens with zero attached hydrogens (tertiary/aromatic N) is 1. The summed E-state index contributed by atoms with van der Waals surface area (Å²) in [5.74, 6) is -0.493. The van der Waals surface area contributed by atoms with E-state index >= 15 is 0 Å². The summed E-state index contributed by atoms with van der Waals surface area (Å²) < 4.78 is 21.4. The second kappa shape index (κ2) is 10.7. The van der Waals surface area contributed by atoms with Crippen molar-refractivity contribution >= 4 is 11.9 Å². The predicted molar refractivity (Wildman–Crippen MR) is 97.5 cm³/mol. The van der Waals surface area contributed by atoms with E-state index < -0.39 is 12.6 Å². The molecule has 2 rings (SSSR count). The third-order valence-electron chi connectivity index (χ3n) is 4.21. The number of rotatable bonds is 10. The molecule has 1 N–H and O–H groups in total. The molecule has 1 saturated heterocycles. The average molecular weight is 381 g/mol. The third-order valence-corrected chi connectivity index (χ3v) is 4.21. The van der Waals surface area contributed by atoms with Gasteiger partial charge in [-0.1, -0.05) is 0 Å². The highest BCUT2D eigenvalue weighted by atomic mass is 16.5. The first kappa shape index (κ1) is 21.0. The minimum Gasteiger partial charge on any atom is -0.490 e. The Morgan fingerprint density at radius 1 is 1.15 bits per heavy atom. The number of hydrogen-bond donors (Lipinski definition) is 1. The summed E-state index contributed by atoms with van der Waals surface area (Å²) >= 11 is 0. The summed E-state index contributed by atoms with van der Waals surface area (Å²) in [6.07, 6.45) is 1.72. The van der Waals surface area contributed by atoms with Gasteiger partial charge in [-0.25, -0.2) is 4.79 Å². The van der Waals surface area contributed by atoms with Crippen molar-refractivity contribution in [3.8, 4) is 11.5 Å². The summed E-state index contributed by atoms with van der Waals surface area (Å²) in [5, 5.41) is 8.75. The molecule has 0 radical (unpaired) electrons. The molecule has 1 aromatic carbocycles. The molecule has 150 valence electrons. The van der Waals surface area contributed by atoms with Crippen molar-refractivity contribution in [3.05, 3.63) is 23.8 Å². The number of carboxylic acids is 1. The van der Waals surface area contributed by atoms with E-state index in [-0.39, 0.29) is 12.0 Å². The average Bonchev–Trinajstić information content (AvgIpc) is 2.67. The first-order chi connectivity index (χ1) is 13.0. The van der Waals surface area contributed by atoms with Gasteiger partial charge in [0.2, 0.25) is 0 Å². The number of amides is 1. The Balaban J connectivity index is 1.97. The molecule has 0 spiro atoms. The van der Waals surface area contributed by atoms with Crippen molar-refractivity contribution in [1.29, 1.82) is 0 Å². The van der Waals surface area contributed by atoms with Gasteiger partial charge < -0.3 is 29.0 Å². The van der Waals surface area contributed by atoms with Crippen LogP contribution in [-0.2, 0) is 14.3 Å². The number of piperidine rings is 1. The minimum atomic E-state index is -1.08. The van der Waals surface area contributed by atoms with E-state index in [4.69, 9.17) is 24.1 Å². The van der Waals surface area contributed by atoms with Crippen molar-refractivity contribution in [2.24, 2.45) is 0 Å². The fourth-order valence-electron chi connectivity index (χ4n) is 2.87. The van der Waals surface area contributed by atoms with Crippen LogP contribution in [0.25, 0.3) is 0 Å². The van der Waals surface area contributed by atoms with Gasteiger partial charge in [-0.3, -0.25) is 4.79 Å². The van der Waals surface area contributed by atoms with E-state index in [0.717, 1.165) is 12.8 Å². The smallest absolute Gasteiger partial charge is 0.341 e. The predicted octanol–water partition coefficient (Wildman–Crippen LogP) is 1.82. The molecule has 0 atom stereocenters. The molecule has 27 heavy (non-hydrogen) atoms. The van der Waals surface area contributed by atoms with Gasteiger partial charge in [-0.2, -0.15) is 0 Å². The maximum atomic E-state index is 12.8. The zero-order valence-corrected chi connectivity index (χ0v) is 15.8. The fourth-order valence-corrected chi connectivity index (χ4v) is 2.87. The highest BCUT2D eigenvalue weighted by molar-refractivity contribution is 5.95. The first-order valence-electron chi connectivity index (χ1n) is 9.06. The van der Waals surface area contributed by atoms with Crippen LogP contribution in [-0.4, -0.2) is 74.6 Å². The van der Waals surface area contributed by atoms with Crippen molar-refractivity contribution in [3.63, 3.8) is 0 Å². The number of ether oxygens (including phenoxy) is 4. The molecule has 1 fully saturated rings. The van der Waals surface area contributed by atoms with Crippen LogP contribution in [0, 0.1) is 0 Å². The molecule has 8 heteroatoms. The number of benzene rings is 1. The quantitative estimate of drug-likeness (QED) is 0.618. The normalized spacial score (nSPS) is 14.8. The van der Waals surface area contributed by atoms with Crippen LogP contribution in [0.3, 0.4) is 0 Å². The van der Waals surface area contributed by atoms with Gasteiger partial charge in [-0.15, -0.1) is 0 Å². The Bertz CT molecular complexity index is 626. The molecule has 1 amide bonds. The minimum absolute atomic E-state index is 0.0870. The Morgan fingerprint density at radius 2 is 1.89 bits per heavy atom. The van der Waals surface area contributed by atoms with Gasteiger partial charge >= 0.3 is 5.97 Å². The van der Waals surface area contributed by atoms with E-state index in [2.05, 4.69) is 0 Å². The summed E-state index contributed by atoms with van der Waals surface area (Å²) in [7, 11) is 1.64. The Morgan fingerprint density at radius 3 is 2.52 bits per heavy atom. The van der Waals surface area contributed by atoms with Gasteiger partial charge in [0.15, 0.2) is 18.1 Å². The first-order valence-corrected chi connectivity index (χ1v) is 9.06. The molecule has 0 aliphatic carbocycles. The lowest BCUT2D eigenvalue weighted by Gasteiger charge is -2.32. The fraction of sp³-hybridized carbons (Fsp3) is 0.579. The number of carbonyl (C=O) groups is 2. The Kier molecular flexibility index (Phi) is 8.35. The number of carboxylic acid groups (broad SMARTS) is 1. The molecule has 1 aliphatic heterocycles. The largest absolute Gasteiger partial charge is 0.490 e. The van der Waals surface area contributed by atoms with Crippen LogP contribution >= 0.6 is 0 Å². The zero-order chi connectivity index (χ0) is 19.6. The highest BCUT2D eigenvalue weighted by Crippen LogP contribution is 2.29. The molecule has 1 heterocycles. The zero-order valence-electron chi connectivity index (χ0n) is 15.8. The van der Waals surface area contributed by atoms with Crippen molar-refractivity contribution in [1.82, 2.24) is 4.90 Å². The van der Waals surface area contributed by atoms with Crippen LogP contribution in [0.5, 0.6) is 11.5 Å². The van der Waals surface area contributed by atoms with Gasteiger partial charge in [0.25, 0.3) is 5.91 Å². The third kappa shape index (κ3) is 6.41. The number of methoxy groups -OCH3 is 1. The monoisotopic (exact) mass is 381 g/mol. The lowest BCUT2D eigenvalue weighted by molar-refractivity contribution is -0.139. The highest BCUT2D eigenvalue weighted by Gasteiger charge is 2.25. The lowest BCUT2D eigenvalue weighted by Crippen LogP contribution is -2.41. The molecule has 0 aromatic heterocycles. The molecular weight excluding hydrogens is 354 g/mol. The summed E-state index contributed by atoms with van der Waals surface area (Å²) in [5.41, 5.74) is 0.486. The second-order valence-electron chi connectivity index (χ2n) is 6.13. The van der Waals surface area contributed by atoms with E-state index in [0.29, 0.717) is 50.0 Å². The van der Waals surface area contributed by atoms with E-state index in [9.17, 15) is 9.59 Å². The van der Waals surface area contributed by atoms with Crippen LogP contribution in [0.1, 0.15) is 30.1 Å². The van der Waals surface area contributed by atoms with Crippen molar-refractivity contribution < 1.29 is 33.6 Å². The van der Waals surface area contributed by atoms with E-state index in [1.807, 2.05) is 6.92 Å². The molecular formula is C19H27NO7. The molecule has 1 aliphatic rings. The van der Waals surface area contributed by atoms with Crippen LogP contribution in [0.4, 0.5) is 0 Å². The molecule has 8 nitrogen and oxygen atoms in total. The Hall–Kier alpha value is -2.32. The van der Waals surface area contributed by atoms with E-state index in [1.165, 1.54) is 0 Å². The van der Waals surface area contributed by atoms with Crippen molar-refractivity contribution in [2.75, 3.05) is 46.6 Å². The number of likely N-dealkylation sites (tertiary alicyclic amines) is 1. The molecule has 1 aromatic rings. The van der Waals surface area contributed by atoms with Gasteiger partial charge in [0.1, 0.15) is 0 Å². The van der Waals surface area contributed by atoms with E-state index in [1.54, 1.807) is 30.2 Å². The molecule has 0 saturated carbocycles. The van der Waals surface area contributed by atoms with Crippen LogP contribution in [0.15, 0.2) is 18.2 Å². The van der Waals surface area contributed by atoms with Crippen LogP contribution < -0.4 is 9.47 Å². The van der Waals surface area contributed by atoms with Gasteiger partial charge in [0.05, 0.1) is 25.9 Å². The summed E-state index contributed by atoms with van der Waals surface area (Å²) in [6.45, 7) is 4.09.